The summed E-state index contributed by atoms with van der Waals surface area (Å²) in [6, 6.07) is 0. The molecule has 0 aromatic carbocycles. The van der Waals surface area contributed by atoms with Gasteiger partial charge in [-0.25, -0.2) is 0 Å². The molecular formula is C29H48O3. The van der Waals surface area contributed by atoms with Crippen LogP contribution in [0.2, 0.25) is 0 Å². The van der Waals surface area contributed by atoms with Gasteiger partial charge in [0.05, 0.1) is 18.3 Å². The summed E-state index contributed by atoms with van der Waals surface area (Å²) < 4.78 is 0. The van der Waals surface area contributed by atoms with E-state index in [9.17, 15) is 15.3 Å². The van der Waals surface area contributed by atoms with E-state index in [1.165, 1.54) is 25.7 Å². The van der Waals surface area contributed by atoms with Crippen molar-refractivity contribution in [3.8, 4) is 0 Å². The fourth-order valence-electron chi connectivity index (χ4n) is 9.86. The Morgan fingerprint density at radius 2 is 1.72 bits per heavy atom. The molecule has 0 unspecified atom stereocenters. The van der Waals surface area contributed by atoms with E-state index in [2.05, 4.69) is 34.3 Å². The van der Waals surface area contributed by atoms with Crippen LogP contribution < -0.4 is 0 Å². The smallest absolute Gasteiger partial charge is 0.0753 e. The van der Waals surface area contributed by atoms with Gasteiger partial charge in [-0.2, -0.15) is 0 Å². The maximum Gasteiger partial charge on any atom is 0.0753 e. The first-order valence-electron chi connectivity index (χ1n) is 13.8. The molecule has 5 fully saturated rings. The van der Waals surface area contributed by atoms with Gasteiger partial charge in [0, 0.05) is 5.41 Å². The highest BCUT2D eigenvalue weighted by Gasteiger charge is 2.63. The van der Waals surface area contributed by atoms with E-state index in [4.69, 9.17) is 0 Å². The average molecular weight is 445 g/mol. The zero-order chi connectivity index (χ0) is 23.0. The zero-order valence-electron chi connectivity index (χ0n) is 21.0. The number of fused-ring (bicyclic) bond motifs is 5. The summed E-state index contributed by atoms with van der Waals surface area (Å²) in [6.07, 6.45) is 9.91. The van der Waals surface area contributed by atoms with Crippen LogP contribution in [-0.4, -0.2) is 33.6 Å². The number of hydrogen-bond acceptors (Lipinski definition) is 3. The fourth-order valence-corrected chi connectivity index (χ4v) is 9.86. The summed E-state index contributed by atoms with van der Waals surface area (Å²) in [4.78, 5) is 0. The minimum Gasteiger partial charge on any atom is -0.393 e. The summed E-state index contributed by atoms with van der Waals surface area (Å²) in [6.45, 7) is 13.9. The van der Waals surface area contributed by atoms with Crippen molar-refractivity contribution in [2.45, 2.75) is 110 Å². The molecule has 0 aromatic heterocycles. The minimum absolute atomic E-state index is 0.120. The highest BCUT2D eigenvalue weighted by molar-refractivity contribution is 5.21. The molecule has 0 bridgehead atoms. The second kappa shape index (κ2) is 8.09. The number of aliphatic hydroxyl groups is 3. The molecule has 0 aliphatic heterocycles. The van der Waals surface area contributed by atoms with Crippen molar-refractivity contribution in [1.82, 2.24) is 0 Å². The monoisotopic (exact) mass is 444 g/mol. The molecule has 5 aliphatic rings. The predicted octanol–water partition coefficient (Wildman–Crippen LogP) is 5.58. The van der Waals surface area contributed by atoms with Crippen molar-refractivity contribution < 1.29 is 15.3 Å². The normalized spacial score (nSPS) is 54.2. The summed E-state index contributed by atoms with van der Waals surface area (Å²) in [5.74, 6) is 4.79. The molecule has 0 spiro atoms. The SMILES string of the molecule is C=C([C@H]1CC[C@H]2[C@@H]3CC[C@H]4C[C@@H](O)CC[C@]4(C)[C@H]3C[C@@H](O)[C@]12C)[C@@H](O)C[C@@H](C)[C@@H]1C[C@H]1C. The number of aliphatic hydroxyl groups excluding tert-OH is 3. The molecule has 5 aliphatic carbocycles. The lowest BCUT2D eigenvalue weighted by Gasteiger charge is -2.62. The van der Waals surface area contributed by atoms with E-state index in [-0.39, 0.29) is 29.0 Å². The summed E-state index contributed by atoms with van der Waals surface area (Å²) in [7, 11) is 0. The van der Waals surface area contributed by atoms with Crippen molar-refractivity contribution in [3.63, 3.8) is 0 Å². The topological polar surface area (TPSA) is 60.7 Å². The van der Waals surface area contributed by atoms with Crippen LogP contribution in [0.1, 0.15) is 91.9 Å². The van der Waals surface area contributed by atoms with Gasteiger partial charge in [0.1, 0.15) is 0 Å². The lowest BCUT2D eigenvalue weighted by atomic mass is 9.44. The van der Waals surface area contributed by atoms with E-state index >= 15 is 0 Å². The van der Waals surface area contributed by atoms with Gasteiger partial charge < -0.3 is 15.3 Å². The van der Waals surface area contributed by atoms with E-state index in [0.29, 0.717) is 29.6 Å². The molecule has 0 heterocycles. The Balaban J connectivity index is 1.33. The van der Waals surface area contributed by atoms with Crippen molar-refractivity contribution >= 4 is 0 Å². The Morgan fingerprint density at radius 1 is 1.00 bits per heavy atom. The van der Waals surface area contributed by atoms with Crippen molar-refractivity contribution in [3.05, 3.63) is 12.2 Å². The summed E-state index contributed by atoms with van der Waals surface area (Å²) >= 11 is 0. The van der Waals surface area contributed by atoms with Crippen LogP contribution in [0.15, 0.2) is 12.2 Å². The van der Waals surface area contributed by atoms with E-state index in [1.807, 2.05) is 0 Å². The van der Waals surface area contributed by atoms with Gasteiger partial charge in [-0.15, -0.1) is 0 Å². The molecule has 5 rings (SSSR count). The van der Waals surface area contributed by atoms with Gasteiger partial charge in [-0.3, -0.25) is 0 Å². The highest BCUT2D eigenvalue weighted by Crippen LogP contribution is 2.68. The fraction of sp³-hybridized carbons (Fsp3) is 0.931. The zero-order valence-corrected chi connectivity index (χ0v) is 21.0. The van der Waals surface area contributed by atoms with Crippen LogP contribution in [0, 0.1) is 58.2 Å². The lowest BCUT2D eigenvalue weighted by Crippen LogP contribution is -2.58. The van der Waals surface area contributed by atoms with Crippen LogP contribution in [0.3, 0.4) is 0 Å². The Hall–Kier alpha value is -0.380. The predicted molar refractivity (Wildman–Crippen MR) is 129 cm³/mol. The van der Waals surface area contributed by atoms with Crippen LogP contribution in [0.25, 0.3) is 0 Å². The summed E-state index contributed by atoms with van der Waals surface area (Å²) in [5, 5.41) is 33.1. The molecule has 0 amide bonds. The van der Waals surface area contributed by atoms with Crippen molar-refractivity contribution in [2.24, 2.45) is 58.2 Å². The Morgan fingerprint density at radius 3 is 2.41 bits per heavy atom. The quantitative estimate of drug-likeness (QED) is 0.485. The molecule has 0 saturated heterocycles. The molecule has 5 saturated carbocycles. The van der Waals surface area contributed by atoms with Crippen LogP contribution >= 0.6 is 0 Å². The van der Waals surface area contributed by atoms with Gasteiger partial charge in [0.25, 0.3) is 0 Å². The van der Waals surface area contributed by atoms with Crippen LogP contribution in [-0.2, 0) is 0 Å². The van der Waals surface area contributed by atoms with E-state index in [0.717, 1.165) is 55.9 Å². The first-order valence-corrected chi connectivity index (χ1v) is 13.8. The molecule has 3 heteroatoms. The number of rotatable bonds is 5. The van der Waals surface area contributed by atoms with Gasteiger partial charge in [0.15, 0.2) is 0 Å². The van der Waals surface area contributed by atoms with Crippen molar-refractivity contribution in [1.29, 1.82) is 0 Å². The molecule has 3 nitrogen and oxygen atoms in total. The molecule has 0 radical (unpaired) electrons. The molecular weight excluding hydrogens is 396 g/mol. The van der Waals surface area contributed by atoms with E-state index < -0.39 is 6.10 Å². The van der Waals surface area contributed by atoms with Crippen LogP contribution in [0.5, 0.6) is 0 Å². The molecule has 13 atom stereocenters. The Labute approximate surface area is 196 Å². The third-order valence-corrected chi connectivity index (χ3v) is 12.1. The maximum atomic E-state index is 11.7. The number of hydrogen-bond donors (Lipinski definition) is 3. The van der Waals surface area contributed by atoms with E-state index in [1.54, 1.807) is 0 Å². The standard InChI is InChI=1S/C29H48O3/c1-16-12-22(16)17(2)13-26(31)18(3)23-8-9-24-21-7-6-19-14-20(30)10-11-28(19,4)25(21)15-27(32)29(23,24)5/h16-17,19-27,30-32H,3,6-15H2,1-2,4-5H3/t16-,17-,19+,20+,21+,22-,23-,24+,25+,26+,27-,28+,29-/m1/s1. The van der Waals surface area contributed by atoms with Crippen molar-refractivity contribution in [2.75, 3.05) is 0 Å². The molecule has 182 valence electrons. The van der Waals surface area contributed by atoms with Crippen LogP contribution in [0.4, 0.5) is 0 Å². The summed E-state index contributed by atoms with van der Waals surface area (Å²) in [5.41, 5.74) is 1.13. The second-order valence-electron chi connectivity index (χ2n) is 13.5. The first-order chi connectivity index (χ1) is 15.1. The molecule has 3 N–H and O–H groups in total. The highest BCUT2D eigenvalue weighted by atomic mass is 16.3. The second-order valence-corrected chi connectivity index (χ2v) is 13.5. The lowest BCUT2D eigenvalue weighted by molar-refractivity contribution is -0.168. The van der Waals surface area contributed by atoms with Gasteiger partial charge >= 0.3 is 0 Å². The average Bonchev–Trinajstić information content (AvgIpc) is 3.37. The Bertz CT molecular complexity index is 734. The third kappa shape index (κ3) is 3.47. The maximum absolute atomic E-state index is 11.7. The third-order valence-electron chi connectivity index (χ3n) is 12.1. The minimum atomic E-state index is -0.434. The molecule has 0 aromatic rings. The molecule has 32 heavy (non-hydrogen) atoms. The first kappa shape index (κ1) is 23.4. The Kier molecular flexibility index (Phi) is 5.91. The van der Waals surface area contributed by atoms with Gasteiger partial charge in [-0.05, 0) is 123 Å². The largest absolute Gasteiger partial charge is 0.393 e. The van der Waals surface area contributed by atoms with Gasteiger partial charge in [-0.1, -0.05) is 34.3 Å². The van der Waals surface area contributed by atoms with Gasteiger partial charge in [0.2, 0.25) is 0 Å².